The molecule has 0 heterocycles. The second kappa shape index (κ2) is 3.74. The van der Waals surface area contributed by atoms with Crippen LogP contribution in [-0.2, 0) is 4.79 Å². The SMILES string of the molecule is NC1(C(=O)O)CCC(/C=C/I)C1. The summed E-state index contributed by atoms with van der Waals surface area (Å²) in [4.78, 5) is 10.7. The Balaban J connectivity index is 2.60. The Morgan fingerprint density at radius 2 is 2.42 bits per heavy atom. The van der Waals surface area contributed by atoms with Crippen molar-refractivity contribution in [3.8, 4) is 0 Å². The zero-order valence-corrected chi connectivity index (χ0v) is 8.82. The highest BCUT2D eigenvalue weighted by atomic mass is 127. The van der Waals surface area contributed by atoms with Crippen LogP contribution < -0.4 is 5.73 Å². The van der Waals surface area contributed by atoms with Crippen molar-refractivity contribution in [2.45, 2.75) is 24.8 Å². The maximum Gasteiger partial charge on any atom is 0.323 e. The molecule has 3 N–H and O–H groups in total. The highest BCUT2D eigenvalue weighted by Crippen LogP contribution is 2.33. The topological polar surface area (TPSA) is 63.3 Å². The zero-order valence-electron chi connectivity index (χ0n) is 6.66. The minimum absolute atomic E-state index is 0.350. The first-order chi connectivity index (χ1) is 5.58. The molecule has 1 aliphatic rings. The molecular weight excluding hydrogens is 269 g/mol. The summed E-state index contributed by atoms with van der Waals surface area (Å²) in [5, 5.41) is 8.81. The molecule has 2 unspecified atom stereocenters. The number of hydrogen-bond donors (Lipinski definition) is 2. The molecule has 0 amide bonds. The van der Waals surface area contributed by atoms with Crippen molar-refractivity contribution in [2.75, 3.05) is 0 Å². The van der Waals surface area contributed by atoms with E-state index < -0.39 is 11.5 Å². The van der Waals surface area contributed by atoms with Crippen LogP contribution in [0.25, 0.3) is 0 Å². The highest BCUT2D eigenvalue weighted by molar-refractivity contribution is 14.1. The number of aliphatic carboxylic acids is 1. The number of carboxylic acid groups (broad SMARTS) is 1. The number of allylic oxidation sites excluding steroid dienone is 1. The predicted molar refractivity (Wildman–Crippen MR) is 55.1 cm³/mol. The van der Waals surface area contributed by atoms with E-state index in [0.29, 0.717) is 18.8 Å². The third-order valence-corrected chi connectivity index (χ3v) is 2.77. The van der Waals surface area contributed by atoms with Gasteiger partial charge in [0.05, 0.1) is 0 Å². The van der Waals surface area contributed by atoms with Gasteiger partial charge in [-0.05, 0) is 29.3 Å². The van der Waals surface area contributed by atoms with E-state index in [1.807, 2.05) is 10.2 Å². The van der Waals surface area contributed by atoms with E-state index >= 15 is 0 Å². The van der Waals surface area contributed by atoms with Crippen molar-refractivity contribution in [3.05, 3.63) is 10.2 Å². The predicted octanol–water partition coefficient (Wildman–Crippen LogP) is 1.52. The molecule has 0 aliphatic heterocycles. The van der Waals surface area contributed by atoms with Gasteiger partial charge >= 0.3 is 5.97 Å². The highest BCUT2D eigenvalue weighted by Gasteiger charge is 2.40. The second-order valence-corrected chi connectivity index (χ2v) is 4.00. The van der Waals surface area contributed by atoms with Crippen LogP contribution in [0.4, 0.5) is 0 Å². The number of halogens is 1. The van der Waals surface area contributed by atoms with Gasteiger partial charge in [-0.1, -0.05) is 28.7 Å². The fourth-order valence-corrected chi connectivity index (χ4v) is 2.16. The average Bonchev–Trinajstić information content (AvgIpc) is 2.34. The van der Waals surface area contributed by atoms with Gasteiger partial charge in [-0.25, -0.2) is 0 Å². The fraction of sp³-hybridized carbons (Fsp3) is 0.625. The quantitative estimate of drug-likeness (QED) is 0.754. The Bertz CT molecular complexity index is 217. The lowest BCUT2D eigenvalue weighted by Gasteiger charge is -2.16. The van der Waals surface area contributed by atoms with Gasteiger partial charge in [-0.15, -0.1) is 0 Å². The molecule has 0 spiro atoms. The monoisotopic (exact) mass is 281 g/mol. The third-order valence-electron chi connectivity index (χ3n) is 2.36. The molecule has 0 aromatic heterocycles. The van der Waals surface area contributed by atoms with E-state index in [2.05, 4.69) is 22.6 Å². The summed E-state index contributed by atoms with van der Waals surface area (Å²) in [6.45, 7) is 0. The van der Waals surface area contributed by atoms with E-state index in [0.717, 1.165) is 6.42 Å². The van der Waals surface area contributed by atoms with Gasteiger partial charge < -0.3 is 10.8 Å². The van der Waals surface area contributed by atoms with Gasteiger partial charge in [-0.2, -0.15) is 0 Å². The maximum atomic E-state index is 10.7. The molecule has 0 saturated heterocycles. The lowest BCUT2D eigenvalue weighted by Crippen LogP contribution is -2.45. The Morgan fingerprint density at radius 3 is 2.83 bits per heavy atom. The largest absolute Gasteiger partial charge is 0.480 e. The Hall–Kier alpha value is -0.100. The van der Waals surface area contributed by atoms with Gasteiger partial charge in [0.1, 0.15) is 5.54 Å². The van der Waals surface area contributed by atoms with Crippen LogP contribution in [0.2, 0.25) is 0 Å². The van der Waals surface area contributed by atoms with Gasteiger partial charge in [-0.3, -0.25) is 4.79 Å². The van der Waals surface area contributed by atoms with Crippen LogP contribution in [0.5, 0.6) is 0 Å². The third kappa shape index (κ3) is 1.98. The van der Waals surface area contributed by atoms with Crippen molar-refractivity contribution in [2.24, 2.45) is 11.7 Å². The minimum Gasteiger partial charge on any atom is -0.480 e. The molecule has 0 aromatic carbocycles. The Morgan fingerprint density at radius 1 is 1.75 bits per heavy atom. The van der Waals surface area contributed by atoms with Crippen molar-refractivity contribution >= 4 is 28.6 Å². The average molecular weight is 281 g/mol. The van der Waals surface area contributed by atoms with E-state index in [1.54, 1.807) is 0 Å². The van der Waals surface area contributed by atoms with E-state index in [-0.39, 0.29) is 0 Å². The lowest BCUT2D eigenvalue weighted by molar-refractivity contribution is -0.143. The van der Waals surface area contributed by atoms with Crippen LogP contribution in [-0.4, -0.2) is 16.6 Å². The van der Waals surface area contributed by atoms with Crippen LogP contribution in [0, 0.1) is 5.92 Å². The van der Waals surface area contributed by atoms with E-state index in [1.165, 1.54) is 0 Å². The maximum absolute atomic E-state index is 10.7. The summed E-state index contributed by atoms with van der Waals surface area (Å²) in [5.41, 5.74) is 4.72. The number of rotatable bonds is 2. The van der Waals surface area contributed by atoms with Crippen LogP contribution in [0.1, 0.15) is 19.3 Å². The molecule has 68 valence electrons. The molecule has 0 radical (unpaired) electrons. The molecule has 3 nitrogen and oxygen atoms in total. The summed E-state index contributed by atoms with van der Waals surface area (Å²) in [7, 11) is 0. The lowest BCUT2D eigenvalue weighted by atomic mass is 9.98. The van der Waals surface area contributed by atoms with Crippen LogP contribution in [0.15, 0.2) is 10.2 Å². The first kappa shape index (κ1) is 9.98. The molecule has 1 fully saturated rings. The van der Waals surface area contributed by atoms with E-state index in [4.69, 9.17) is 10.8 Å². The summed E-state index contributed by atoms with van der Waals surface area (Å²) < 4.78 is 1.93. The number of carbonyl (C=O) groups is 1. The molecule has 4 heteroatoms. The summed E-state index contributed by atoms with van der Waals surface area (Å²) >= 11 is 2.14. The first-order valence-corrected chi connectivity index (χ1v) is 5.12. The molecule has 0 aromatic rings. The van der Waals surface area contributed by atoms with Crippen molar-refractivity contribution in [1.82, 2.24) is 0 Å². The summed E-state index contributed by atoms with van der Waals surface area (Å²) in [6.07, 6.45) is 4.08. The standard InChI is InChI=1S/C8H12INO2/c9-4-2-6-1-3-8(10,5-6)7(11)12/h2,4,6H,1,3,5,10H2,(H,11,12)/b4-2+. The molecule has 0 bridgehead atoms. The first-order valence-electron chi connectivity index (χ1n) is 3.87. The minimum atomic E-state index is -0.971. The van der Waals surface area contributed by atoms with Crippen LogP contribution in [0.3, 0.4) is 0 Å². The van der Waals surface area contributed by atoms with Gasteiger partial charge in [0.15, 0.2) is 0 Å². The number of hydrogen-bond acceptors (Lipinski definition) is 2. The normalized spacial score (nSPS) is 36.0. The molecule has 2 atom stereocenters. The molecule has 12 heavy (non-hydrogen) atoms. The van der Waals surface area contributed by atoms with Crippen molar-refractivity contribution < 1.29 is 9.90 Å². The molecule has 1 rings (SSSR count). The smallest absolute Gasteiger partial charge is 0.323 e. The molecule has 1 aliphatic carbocycles. The van der Waals surface area contributed by atoms with Crippen molar-refractivity contribution in [3.63, 3.8) is 0 Å². The van der Waals surface area contributed by atoms with Crippen LogP contribution >= 0.6 is 22.6 Å². The fourth-order valence-electron chi connectivity index (χ4n) is 1.58. The second-order valence-electron chi connectivity index (χ2n) is 3.28. The van der Waals surface area contributed by atoms with Crippen molar-refractivity contribution in [1.29, 1.82) is 0 Å². The number of carboxylic acids is 1. The number of nitrogens with two attached hydrogens (primary N) is 1. The van der Waals surface area contributed by atoms with Gasteiger partial charge in [0, 0.05) is 0 Å². The van der Waals surface area contributed by atoms with Gasteiger partial charge in [0.2, 0.25) is 0 Å². The Labute approximate surface area is 85.2 Å². The molecule has 1 saturated carbocycles. The van der Waals surface area contributed by atoms with E-state index in [9.17, 15) is 4.79 Å². The summed E-state index contributed by atoms with van der Waals surface area (Å²) in [5.74, 6) is -0.519. The Kier molecular flexibility index (Phi) is 3.11. The molecular formula is C8H12INO2. The summed E-state index contributed by atoms with van der Waals surface area (Å²) in [6, 6.07) is 0. The zero-order chi connectivity index (χ0) is 9.19. The van der Waals surface area contributed by atoms with Gasteiger partial charge in [0.25, 0.3) is 0 Å².